The minimum absolute atomic E-state index is 0.497. The van der Waals surface area contributed by atoms with Crippen LogP contribution in [-0.2, 0) is 0 Å². The predicted molar refractivity (Wildman–Crippen MR) is 67.3 cm³/mol. The highest BCUT2D eigenvalue weighted by atomic mass is 79.9. The Balaban J connectivity index is 1.97. The first-order valence-electron chi connectivity index (χ1n) is 5.67. The fourth-order valence-corrected chi connectivity index (χ4v) is 3.31. The molecule has 0 aliphatic carbocycles. The molecule has 7 heteroatoms. The van der Waals surface area contributed by atoms with Crippen molar-refractivity contribution in [2.45, 2.75) is 19.4 Å². The molecule has 2 aromatic rings. The molecule has 0 saturated carbocycles. The summed E-state index contributed by atoms with van der Waals surface area (Å²) in [5, 5.41) is 16.7. The zero-order valence-corrected chi connectivity index (χ0v) is 11.1. The van der Waals surface area contributed by atoms with Crippen LogP contribution in [0.3, 0.4) is 0 Å². The van der Waals surface area contributed by atoms with E-state index in [1.165, 1.54) is 11.1 Å². The molecule has 3 heterocycles. The quantitative estimate of drug-likeness (QED) is 0.778. The van der Waals surface area contributed by atoms with E-state index in [1.54, 1.807) is 0 Å². The fraction of sp³-hybridized carbons (Fsp3) is 0.600. The summed E-state index contributed by atoms with van der Waals surface area (Å²) in [6, 6.07) is 4.38. The lowest BCUT2D eigenvalue weighted by Gasteiger charge is -2.25. The van der Waals surface area contributed by atoms with Crippen molar-refractivity contribution in [3.63, 3.8) is 0 Å². The Kier molecular flexibility index (Phi) is 2.70. The van der Waals surface area contributed by atoms with Crippen LogP contribution in [0.1, 0.15) is 13.3 Å². The van der Waals surface area contributed by atoms with E-state index >= 15 is 0 Å². The fourth-order valence-electron chi connectivity index (χ4n) is 2.32. The molecule has 0 radical (unpaired) electrons. The van der Waals surface area contributed by atoms with Crippen LogP contribution < -0.4 is 4.90 Å². The van der Waals surface area contributed by atoms with Gasteiger partial charge in [-0.1, -0.05) is 22.9 Å². The number of fused-ring (bicyclic) bond motifs is 1. The van der Waals surface area contributed by atoms with Crippen LogP contribution >= 0.6 is 15.9 Å². The van der Waals surface area contributed by atoms with E-state index in [0.29, 0.717) is 17.6 Å². The lowest BCUT2D eigenvalue weighted by Crippen LogP contribution is -2.34. The highest BCUT2D eigenvalue weighted by molar-refractivity contribution is 9.09. The van der Waals surface area contributed by atoms with Gasteiger partial charge in [0.15, 0.2) is 11.5 Å². The Labute approximate surface area is 107 Å². The summed E-state index contributed by atoms with van der Waals surface area (Å²) >= 11 is 3.58. The van der Waals surface area contributed by atoms with Crippen LogP contribution in [0, 0.1) is 5.92 Å². The van der Waals surface area contributed by atoms with Gasteiger partial charge >= 0.3 is 0 Å². The van der Waals surface area contributed by atoms with E-state index in [0.717, 1.165) is 17.7 Å². The zero-order chi connectivity index (χ0) is 11.8. The molecule has 1 fully saturated rings. The Bertz CT molecular complexity index is 526. The third kappa shape index (κ3) is 1.78. The summed E-state index contributed by atoms with van der Waals surface area (Å²) in [7, 11) is 0. The molecular formula is C10H13BrN6. The van der Waals surface area contributed by atoms with Crippen LogP contribution in [0.2, 0.25) is 0 Å². The minimum atomic E-state index is 0.497. The highest BCUT2D eigenvalue weighted by Crippen LogP contribution is 2.29. The molecule has 3 rings (SSSR count). The van der Waals surface area contributed by atoms with Crippen LogP contribution in [0.4, 0.5) is 5.82 Å². The van der Waals surface area contributed by atoms with Gasteiger partial charge in [-0.15, -0.1) is 14.8 Å². The first kappa shape index (κ1) is 10.9. The highest BCUT2D eigenvalue weighted by Gasteiger charge is 2.31. The van der Waals surface area contributed by atoms with E-state index < -0.39 is 0 Å². The van der Waals surface area contributed by atoms with Gasteiger partial charge in [-0.2, -0.15) is 0 Å². The van der Waals surface area contributed by atoms with Gasteiger partial charge in [0.1, 0.15) is 0 Å². The maximum atomic E-state index is 4.44. The monoisotopic (exact) mass is 296 g/mol. The van der Waals surface area contributed by atoms with Crippen LogP contribution in [0.5, 0.6) is 0 Å². The van der Waals surface area contributed by atoms with Crippen LogP contribution in [0.25, 0.3) is 5.65 Å². The molecule has 2 unspecified atom stereocenters. The van der Waals surface area contributed by atoms with Gasteiger partial charge in [0.2, 0.25) is 0 Å². The summed E-state index contributed by atoms with van der Waals surface area (Å²) < 4.78 is 1.48. The second kappa shape index (κ2) is 4.21. The number of nitrogens with zero attached hydrogens (tertiary/aromatic N) is 6. The van der Waals surface area contributed by atoms with Gasteiger partial charge in [-0.25, -0.2) is 0 Å². The van der Waals surface area contributed by atoms with Gasteiger partial charge in [0.25, 0.3) is 0 Å². The maximum absolute atomic E-state index is 4.44. The minimum Gasteiger partial charge on any atom is -0.351 e. The van der Waals surface area contributed by atoms with E-state index in [9.17, 15) is 0 Å². The average Bonchev–Trinajstić information content (AvgIpc) is 2.93. The average molecular weight is 297 g/mol. The maximum Gasteiger partial charge on any atom is 0.200 e. The number of alkyl halides is 1. The van der Waals surface area contributed by atoms with Crippen molar-refractivity contribution < 1.29 is 0 Å². The molecular weight excluding hydrogens is 284 g/mol. The Hall–Kier alpha value is -1.24. The Morgan fingerprint density at radius 1 is 1.47 bits per heavy atom. The SMILES string of the molecule is CC1CCN(c2ccc3nnnn3n2)C1CBr. The summed E-state index contributed by atoms with van der Waals surface area (Å²) in [4.78, 5) is 2.32. The lowest BCUT2D eigenvalue weighted by atomic mass is 10.1. The van der Waals surface area contributed by atoms with Gasteiger partial charge in [-0.3, -0.25) is 0 Å². The number of hydrogen-bond donors (Lipinski definition) is 0. The molecule has 2 atom stereocenters. The van der Waals surface area contributed by atoms with Crippen molar-refractivity contribution in [2.24, 2.45) is 5.92 Å². The normalized spacial score (nSPS) is 24.7. The molecule has 0 bridgehead atoms. The van der Waals surface area contributed by atoms with E-state index in [1.807, 2.05) is 12.1 Å². The lowest BCUT2D eigenvalue weighted by molar-refractivity contribution is 0.551. The number of aromatic nitrogens is 5. The molecule has 90 valence electrons. The number of halogens is 1. The standard InChI is InChI=1S/C10H13BrN6/c1-7-4-5-16(8(7)6-11)10-3-2-9-12-14-15-17(9)13-10/h2-3,7-8H,4-6H2,1H3. The van der Waals surface area contributed by atoms with Crippen LogP contribution in [0.15, 0.2) is 12.1 Å². The second-order valence-corrected chi connectivity index (χ2v) is 5.05. The molecule has 17 heavy (non-hydrogen) atoms. The molecule has 0 N–H and O–H groups in total. The van der Waals surface area contributed by atoms with Crippen molar-refractivity contribution in [3.05, 3.63) is 12.1 Å². The number of hydrogen-bond acceptors (Lipinski definition) is 5. The molecule has 6 nitrogen and oxygen atoms in total. The van der Waals surface area contributed by atoms with Crippen molar-refractivity contribution in [2.75, 3.05) is 16.8 Å². The van der Waals surface area contributed by atoms with Crippen molar-refractivity contribution in [3.8, 4) is 0 Å². The van der Waals surface area contributed by atoms with E-state index in [-0.39, 0.29) is 0 Å². The molecule has 0 amide bonds. The third-order valence-electron chi connectivity index (χ3n) is 3.39. The smallest absolute Gasteiger partial charge is 0.200 e. The number of tetrazole rings is 1. The van der Waals surface area contributed by atoms with Gasteiger partial charge in [-0.05, 0) is 34.9 Å². The molecule has 2 aromatic heterocycles. The predicted octanol–water partition coefficient (Wildman–Crippen LogP) is 1.13. The van der Waals surface area contributed by atoms with Crippen molar-refractivity contribution in [1.29, 1.82) is 0 Å². The van der Waals surface area contributed by atoms with Gasteiger partial charge < -0.3 is 4.90 Å². The first-order chi connectivity index (χ1) is 8.29. The summed E-state index contributed by atoms with van der Waals surface area (Å²) in [5.41, 5.74) is 0.677. The molecule has 1 aliphatic rings. The van der Waals surface area contributed by atoms with Gasteiger partial charge in [0.05, 0.1) is 0 Å². The first-order valence-corrected chi connectivity index (χ1v) is 6.80. The number of rotatable bonds is 2. The Morgan fingerprint density at radius 2 is 2.35 bits per heavy atom. The molecule has 1 saturated heterocycles. The van der Waals surface area contributed by atoms with E-state index in [2.05, 4.69) is 48.4 Å². The van der Waals surface area contributed by atoms with Gasteiger partial charge in [0, 0.05) is 17.9 Å². The summed E-state index contributed by atoms with van der Waals surface area (Å²) in [5.74, 6) is 1.62. The van der Waals surface area contributed by atoms with E-state index in [4.69, 9.17) is 0 Å². The van der Waals surface area contributed by atoms with Crippen molar-refractivity contribution in [1.82, 2.24) is 25.3 Å². The topological polar surface area (TPSA) is 59.2 Å². The largest absolute Gasteiger partial charge is 0.351 e. The van der Waals surface area contributed by atoms with Crippen molar-refractivity contribution >= 4 is 27.4 Å². The zero-order valence-electron chi connectivity index (χ0n) is 9.49. The number of anilines is 1. The second-order valence-electron chi connectivity index (χ2n) is 4.40. The molecule has 0 spiro atoms. The van der Waals surface area contributed by atoms with Crippen LogP contribution in [-0.4, -0.2) is 43.2 Å². The third-order valence-corrected chi connectivity index (χ3v) is 4.05. The summed E-state index contributed by atoms with van der Waals surface area (Å²) in [6.45, 7) is 3.32. The molecule has 1 aliphatic heterocycles. The molecule has 0 aromatic carbocycles. The Morgan fingerprint density at radius 3 is 3.18 bits per heavy atom. The summed E-state index contributed by atoms with van der Waals surface area (Å²) in [6.07, 6.45) is 1.20.